The fourth-order valence-corrected chi connectivity index (χ4v) is 2.41. The van der Waals surface area contributed by atoms with Gasteiger partial charge in [0.2, 0.25) is 0 Å². The van der Waals surface area contributed by atoms with Gasteiger partial charge >= 0.3 is 0 Å². The van der Waals surface area contributed by atoms with Crippen LogP contribution >= 0.6 is 0 Å². The van der Waals surface area contributed by atoms with E-state index in [9.17, 15) is 4.21 Å². The Hall–Kier alpha value is -0.670. The van der Waals surface area contributed by atoms with Gasteiger partial charge in [0.1, 0.15) is 0 Å². The van der Waals surface area contributed by atoms with Gasteiger partial charge in [-0.3, -0.25) is 4.21 Å². The van der Waals surface area contributed by atoms with Crippen LogP contribution in [0.15, 0.2) is 24.3 Å². The standard InChI is InChI=1S/C16H27NOS/c1-12(2)15-6-8-16(9-7-15)14(4)17-11-10-13(3)19(5)18/h6-9,12-14,17H,10-11H2,1-5H3. The molecule has 0 radical (unpaired) electrons. The molecule has 0 amide bonds. The average Bonchev–Trinajstić information content (AvgIpc) is 2.38. The summed E-state index contributed by atoms with van der Waals surface area (Å²) in [6.07, 6.45) is 2.73. The van der Waals surface area contributed by atoms with E-state index in [1.54, 1.807) is 6.26 Å². The second-order valence-electron chi connectivity index (χ2n) is 5.60. The average molecular weight is 281 g/mol. The van der Waals surface area contributed by atoms with E-state index < -0.39 is 10.8 Å². The van der Waals surface area contributed by atoms with E-state index in [1.807, 2.05) is 6.92 Å². The van der Waals surface area contributed by atoms with E-state index in [4.69, 9.17) is 0 Å². The van der Waals surface area contributed by atoms with Gasteiger partial charge in [-0.2, -0.15) is 0 Å². The normalized spacial score (nSPS) is 16.3. The molecule has 3 unspecified atom stereocenters. The van der Waals surface area contributed by atoms with Gasteiger partial charge in [-0.15, -0.1) is 0 Å². The molecule has 0 saturated carbocycles. The zero-order valence-electron chi connectivity index (χ0n) is 12.8. The lowest BCUT2D eigenvalue weighted by molar-refractivity contribution is 0.553. The molecule has 0 aliphatic heterocycles. The Bertz CT molecular complexity index is 400. The minimum Gasteiger partial charge on any atom is -0.310 e. The lowest BCUT2D eigenvalue weighted by atomic mass is 9.99. The molecule has 1 aromatic carbocycles. The highest BCUT2D eigenvalue weighted by molar-refractivity contribution is 7.84. The monoisotopic (exact) mass is 281 g/mol. The van der Waals surface area contributed by atoms with Crippen molar-refractivity contribution >= 4 is 10.8 Å². The summed E-state index contributed by atoms with van der Waals surface area (Å²) < 4.78 is 11.3. The molecular weight excluding hydrogens is 254 g/mol. The molecule has 19 heavy (non-hydrogen) atoms. The molecule has 0 spiro atoms. The molecule has 108 valence electrons. The van der Waals surface area contributed by atoms with Gasteiger partial charge in [0, 0.05) is 28.3 Å². The van der Waals surface area contributed by atoms with Crippen LogP contribution < -0.4 is 5.32 Å². The first-order valence-electron chi connectivity index (χ1n) is 7.07. The van der Waals surface area contributed by atoms with Gasteiger partial charge < -0.3 is 5.32 Å². The summed E-state index contributed by atoms with van der Waals surface area (Å²) in [5.74, 6) is 0.581. The third kappa shape index (κ3) is 5.45. The Labute approximate surface area is 120 Å². The lowest BCUT2D eigenvalue weighted by Crippen LogP contribution is -2.24. The third-order valence-electron chi connectivity index (χ3n) is 3.67. The van der Waals surface area contributed by atoms with Gasteiger partial charge in [-0.1, -0.05) is 45.0 Å². The number of benzene rings is 1. The van der Waals surface area contributed by atoms with Gasteiger partial charge in [0.25, 0.3) is 0 Å². The Balaban J connectivity index is 2.45. The lowest BCUT2D eigenvalue weighted by Gasteiger charge is -2.16. The van der Waals surface area contributed by atoms with Crippen molar-refractivity contribution in [3.63, 3.8) is 0 Å². The largest absolute Gasteiger partial charge is 0.310 e. The van der Waals surface area contributed by atoms with Crippen molar-refractivity contribution in [2.45, 2.75) is 51.3 Å². The summed E-state index contributed by atoms with van der Waals surface area (Å²) in [7, 11) is -0.718. The van der Waals surface area contributed by atoms with Crippen molar-refractivity contribution in [2.24, 2.45) is 0 Å². The Kier molecular flexibility index (Phi) is 6.73. The SMILES string of the molecule is CC(C)c1ccc(C(C)NCCC(C)S(C)=O)cc1. The summed E-state index contributed by atoms with van der Waals surface area (Å²) in [6, 6.07) is 9.17. The van der Waals surface area contributed by atoms with Crippen LogP contribution in [0.25, 0.3) is 0 Å². The van der Waals surface area contributed by atoms with Gasteiger partial charge in [-0.05, 0) is 36.9 Å². The van der Waals surface area contributed by atoms with Crippen molar-refractivity contribution in [1.82, 2.24) is 5.32 Å². The van der Waals surface area contributed by atoms with Crippen molar-refractivity contribution in [3.05, 3.63) is 35.4 Å². The molecule has 1 rings (SSSR count). The second kappa shape index (κ2) is 7.81. The maximum absolute atomic E-state index is 11.3. The maximum atomic E-state index is 11.3. The van der Waals surface area contributed by atoms with Gasteiger partial charge in [-0.25, -0.2) is 0 Å². The zero-order chi connectivity index (χ0) is 14.4. The van der Waals surface area contributed by atoms with Crippen LogP contribution in [-0.2, 0) is 10.8 Å². The van der Waals surface area contributed by atoms with E-state index in [0.717, 1.165) is 13.0 Å². The first kappa shape index (κ1) is 16.4. The molecule has 3 heteroatoms. The molecule has 0 aliphatic rings. The summed E-state index contributed by atoms with van der Waals surface area (Å²) in [5, 5.41) is 3.77. The smallest absolute Gasteiger partial charge is 0.0329 e. The van der Waals surface area contributed by atoms with E-state index in [-0.39, 0.29) is 5.25 Å². The minimum absolute atomic E-state index is 0.267. The van der Waals surface area contributed by atoms with Crippen LogP contribution in [0, 0.1) is 0 Å². The molecule has 3 atom stereocenters. The fraction of sp³-hybridized carbons (Fsp3) is 0.625. The molecule has 0 aromatic heterocycles. The molecule has 2 nitrogen and oxygen atoms in total. The quantitative estimate of drug-likeness (QED) is 0.827. The number of hydrogen-bond acceptors (Lipinski definition) is 2. The highest BCUT2D eigenvalue weighted by Crippen LogP contribution is 2.18. The van der Waals surface area contributed by atoms with E-state index >= 15 is 0 Å². The van der Waals surface area contributed by atoms with Crippen LogP contribution in [0.3, 0.4) is 0 Å². The Morgan fingerprint density at radius 2 is 1.58 bits per heavy atom. The van der Waals surface area contributed by atoms with Crippen LogP contribution in [0.5, 0.6) is 0 Å². The summed E-state index contributed by atoms with van der Waals surface area (Å²) >= 11 is 0. The summed E-state index contributed by atoms with van der Waals surface area (Å²) in [5.41, 5.74) is 2.70. The number of hydrogen-bond donors (Lipinski definition) is 1. The molecule has 0 fully saturated rings. The van der Waals surface area contributed by atoms with E-state index in [0.29, 0.717) is 12.0 Å². The first-order valence-corrected chi connectivity index (χ1v) is 8.69. The van der Waals surface area contributed by atoms with Crippen molar-refractivity contribution in [3.8, 4) is 0 Å². The third-order valence-corrected chi connectivity index (χ3v) is 5.04. The van der Waals surface area contributed by atoms with Crippen molar-refractivity contribution in [2.75, 3.05) is 12.8 Å². The van der Waals surface area contributed by atoms with Gasteiger partial charge in [0.15, 0.2) is 0 Å². The topological polar surface area (TPSA) is 29.1 Å². The zero-order valence-corrected chi connectivity index (χ0v) is 13.6. The first-order chi connectivity index (χ1) is 8.91. The van der Waals surface area contributed by atoms with Gasteiger partial charge in [0.05, 0.1) is 0 Å². The fourth-order valence-electron chi connectivity index (χ4n) is 1.96. The molecule has 0 saturated heterocycles. The predicted molar refractivity (Wildman–Crippen MR) is 85.1 cm³/mol. The molecular formula is C16H27NOS. The predicted octanol–water partition coefficient (Wildman–Crippen LogP) is 3.62. The highest BCUT2D eigenvalue weighted by Gasteiger charge is 2.08. The molecule has 1 N–H and O–H groups in total. The van der Waals surface area contributed by atoms with Crippen LogP contribution in [0.1, 0.15) is 57.2 Å². The summed E-state index contributed by atoms with van der Waals surface area (Å²) in [6.45, 7) is 9.55. The van der Waals surface area contributed by atoms with Crippen molar-refractivity contribution < 1.29 is 4.21 Å². The van der Waals surface area contributed by atoms with Crippen molar-refractivity contribution in [1.29, 1.82) is 0 Å². The van der Waals surface area contributed by atoms with E-state index in [2.05, 4.69) is 50.4 Å². The maximum Gasteiger partial charge on any atom is 0.0329 e. The highest BCUT2D eigenvalue weighted by atomic mass is 32.2. The van der Waals surface area contributed by atoms with Crippen LogP contribution in [-0.4, -0.2) is 22.3 Å². The minimum atomic E-state index is -0.718. The number of rotatable bonds is 7. The molecule has 0 aliphatic carbocycles. The van der Waals surface area contributed by atoms with Crippen LogP contribution in [0.4, 0.5) is 0 Å². The Morgan fingerprint density at radius 1 is 1.05 bits per heavy atom. The number of nitrogens with one attached hydrogen (secondary N) is 1. The molecule has 0 heterocycles. The Morgan fingerprint density at radius 3 is 2.05 bits per heavy atom. The summed E-state index contributed by atoms with van der Waals surface area (Å²) in [4.78, 5) is 0. The molecule has 1 aromatic rings. The second-order valence-corrected chi connectivity index (χ2v) is 7.40. The van der Waals surface area contributed by atoms with E-state index in [1.165, 1.54) is 11.1 Å². The molecule has 0 bridgehead atoms. The van der Waals surface area contributed by atoms with Crippen LogP contribution in [0.2, 0.25) is 0 Å².